The summed E-state index contributed by atoms with van der Waals surface area (Å²) >= 11 is 1.57. The molecule has 1 amide bonds. The van der Waals surface area contributed by atoms with Gasteiger partial charge in [-0.3, -0.25) is 9.69 Å². The van der Waals surface area contributed by atoms with Crippen molar-refractivity contribution in [1.82, 2.24) is 34.4 Å². The predicted octanol–water partition coefficient (Wildman–Crippen LogP) is 1.20. The zero-order chi connectivity index (χ0) is 17.5. The molecule has 3 fully saturated rings. The summed E-state index contributed by atoms with van der Waals surface area (Å²) in [4.78, 5) is 30.3. The Hall–Kier alpha value is -2.39. The molecular formula is C17H19N7OS. The molecular weight excluding hydrogens is 350 g/mol. The van der Waals surface area contributed by atoms with E-state index in [-0.39, 0.29) is 17.9 Å². The first kappa shape index (κ1) is 15.8. The van der Waals surface area contributed by atoms with Gasteiger partial charge in [0.15, 0.2) is 5.82 Å². The van der Waals surface area contributed by atoms with Crippen LogP contribution in [0.4, 0.5) is 0 Å². The molecule has 3 aromatic rings. The van der Waals surface area contributed by atoms with Crippen molar-refractivity contribution in [2.24, 2.45) is 5.92 Å². The third kappa shape index (κ3) is 2.86. The Bertz CT molecular complexity index is 891. The van der Waals surface area contributed by atoms with Gasteiger partial charge in [-0.1, -0.05) is 0 Å². The molecule has 2 atom stereocenters. The second-order valence-electron chi connectivity index (χ2n) is 6.96. The molecule has 6 rings (SSSR count). The second-order valence-corrected chi connectivity index (χ2v) is 7.68. The van der Waals surface area contributed by atoms with Crippen LogP contribution < -0.4 is 0 Å². The summed E-state index contributed by atoms with van der Waals surface area (Å²) in [7, 11) is 0. The van der Waals surface area contributed by atoms with Crippen LogP contribution in [0.2, 0.25) is 0 Å². The minimum atomic E-state index is 0.0579. The smallest absolute Gasteiger partial charge is 0.252 e. The van der Waals surface area contributed by atoms with Crippen LogP contribution in [0.1, 0.15) is 24.4 Å². The number of hydrogen-bond donors (Lipinski definition) is 0. The fourth-order valence-corrected chi connectivity index (χ4v) is 4.55. The first-order valence-electron chi connectivity index (χ1n) is 8.82. The van der Waals surface area contributed by atoms with E-state index in [0.717, 1.165) is 37.4 Å². The van der Waals surface area contributed by atoms with Crippen molar-refractivity contribution < 1.29 is 4.79 Å². The Labute approximate surface area is 154 Å². The number of rotatable bonds is 4. The number of carbonyl (C=O) groups is 1. The molecule has 9 heteroatoms. The Balaban J connectivity index is 1.35. The van der Waals surface area contributed by atoms with Gasteiger partial charge in [0.05, 0.1) is 30.2 Å². The maximum atomic E-state index is 12.9. The first-order chi connectivity index (χ1) is 12.8. The molecule has 3 aliphatic heterocycles. The molecule has 2 unspecified atom stereocenters. The maximum Gasteiger partial charge on any atom is 0.252 e. The molecule has 3 aromatic heterocycles. The molecule has 3 saturated heterocycles. The lowest BCUT2D eigenvalue weighted by molar-refractivity contribution is -0.140. The van der Waals surface area contributed by atoms with E-state index < -0.39 is 0 Å². The van der Waals surface area contributed by atoms with E-state index in [2.05, 4.69) is 25.0 Å². The zero-order valence-electron chi connectivity index (χ0n) is 14.2. The molecule has 0 saturated carbocycles. The maximum absolute atomic E-state index is 12.9. The van der Waals surface area contributed by atoms with Crippen molar-refractivity contribution in [2.75, 3.05) is 13.1 Å². The lowest BCUT2D eigenvalue weighted by Gasteiger charge is -2.35. The number of aromatic nitrogens is 5. The summed E-state index contributed by atoms with van der Waals surface area (Å²) < 4.78 is 1.70. The van der Waals surface area contributed by atoms with Gasteiger partial charge in [-0.2, -0.15) is 4.98 Å². The topological polar surface area (TPSA) is 79.5 Å². The summed E-state index contributed by atoms with van der Waals surface area (Å²) in [5.41, 5.74) is 2.81. The van der Waals surface area contributed by atoms with Crippen molar-refractivity contribution in [2.45, 2.75) is 32.0 Å². The minimum absolute atomic E-state index is 0.0579. The third-order valence-corrected chi connectivity index (χ3v) is 5.85. The lowest BCUT2D eigenvalue weighted by Crippen LogP contribution is -2.47. The normalized spacial score (nSPS) is 23.7. The van der Waals surface area contributed by atoms with Gasteiger partial charge in [0.25, 0.3) is 5.78 Å². The fraction of sp³-hybridized carbons (Fsp3) is 0.471. The Morgan fingerprint density at radius 2 is 2.15 bits per heavy atom. The highest BCUT2D eigenvalue weighted by Gasteiger charge is 2.40. The van der Waals surface area contributed by atoms with Crippen LogP contribution in [0.15, 0.2) is 29.4 Å². The molecule has 0 aliphatic carbocycles. The van der Waals surface area contributed by atoms with Gasteiger partial charge in [0, 0.05) is 36.9 Å². The van der Waals surface area contributed by atoms with Crippen LogP contribution in [0.5, 0.6) is 0 Å². The van der Waals surface area contributed by atoms with Gasteiger partial charge in [0.1, 0.15) is 0 Å². The predicted molar refractivity (Wildman–Crippen MR) is 95.2 cm³/mol. The van der Waals surface area contributed by atoms with Crippen LogP contribution in [0.3, 0.4) is 0 Å². The fourth-order valence-electron chi connectivity index (χ4n) is 4.00. The molecule has 0 spiro atoms. The molecule has 0 N–H and O–H groups in total. The molecule has 134 valence electrons. The van der Waals surface area contributed by atoms with Crippen molar-refractivity contribution in [3.8, 4) is 0 Å². The van der Waals surface area contributed by atoms with Gasteiger partial charge in [-0.15, -0.1) is 16.4 Å². The van der Waals surface area contributed by atoms with E-state index in [1.54, 1.807) is 22.0 Å². The standard InChI is InChI=1S/C17H19N7OS/c25-16-12-2-3-14(23(16)7-13-10-26-11-19-13)8-22(6-12)9-15-20-17-18-4-1-5-24(17)21-15/h1,4-5,10-12,14H,2-3,6-9H2. The van der Waals surface area contributed by atoms with E-state index in [1.165, 1.54) is 0 Å². The highest BCUT2D eigenvalue weighted by Crippen LogP contribution is 2.30. The first-order valence-corrected chi connectivity index (χ1v) is 9.77. The van der Waals surface area contributed by atoms with Gasteiger partial charge >= 0.3 is 0 Å². The van der Waals surface area contributed by atoms with Crippen LogP contribution in [-0.2, 0) is 17.9 Å². The van der Waals surface area contributed by atoms with Gasteiger partial charge in [0.2, 0.25) is 5.91 Å². The summed E-state index contributed by atoms with van der Waals surface area (Å²) in [6.45, 7) is 2.89. The molecule has 6 heterocycles. The molecule has 0 radical (unpaired) electrons. The monoisotopic (exact) mass is 369 g/mol. The quantitative estimate of drug-likeness (QED) is 0.688. The van der Waals surface area contributed by atoms with E-state index in [9.17, 15) is 4.79 Å². The molecule has 3 aliphatic rings. The SMILES string of the molecule is O=C1C2CCC(CN(Cc3nc4ncccn4n3)C2)N1Cc1cscn1. The van der Waals surface area contributed by atoms with Crippen LogP contribution in [0.25, 0.3) is 5.78 Å². The number of amides is 1. The number of thiazole rings is 1. The molecule has 8 nitrogen and oxygen atoms in total. The van der Waals surface area contributed by atoms with Gasteiger partial charge in [-0.25, -0.2) is 14.5 Å². The van der Waals surface area contributed by atoms with E-state index in [1.807, 2.05) is 28.1 Å². The van der Waals surface area contributed by atoms with Crippen molar-refractivity contribution in [3.05, 3.63) is 40.9 Å². The van der Waals surface area contributed by atoms with Crippen LogP contribution >= 0.6 is 11.3 Å². The van der Waals surface area contributed by atoms with Gasteiger partial charge < -0.3 is 4.90 Å². The summed E-state index contributed by atoms with van der Waals surface area (Å²) in [6, 6.07) is 2.07. The van der Waals surface area contributed by atoms with Crippen LogP contribution in [0, 0.1) is 5.92 Å². The molecule has 26 heavy (non-hydrogen) atoms. The van der Waals surface area contributed by atoms with Crippen molar-refractivity contribution in [3.63, 3.8) is 0 Å². The summed E-state index contributed by atoms with van der Waals surface area (Å²) in [6.07, 6.45) is 5.59. The van der Waals surface area contributed by atoms with E-state index in [0.29, 0.717) is 18.9 Å². The minimum Gasteiger partial charge on any atom is -0.332 e. The Kier molecular flexibility index (Phi) is 3.90. The average Bonchev–Trinajstić information content (AvgIpc) is 3.22. The average molecular weight is 369 g/mol. The highest BCUT2D eigenvalue weighted by atomic mass is 32.1. The van der Waals surface area contributed by atoms with E-state index >= 15 is 0 Å². The Morgan fingerprint density at radius 3 is 3.00 bits per heavy atom. The van der Waals surface area contributed by atoms with E-state index in [4.69, 9.17) is 0 Å². The van der Waals surface area contributed by atoms with Crippen LogP contribution in [-0.4, -0.2) is 59.4 Å². The molecule has 0 aromatic carbocycles. The van der Waals surface area contributed by atoms with Gasteiger partial charge in [-0.05, 0) is 18.9 Å². The molecule has 2 bridgehead atoms. The summed E-state index contributed by atoms with van der Waals surface area (Å²) in [5.74, 6) is 1.69. The van der Waals surface area contributed by atoms with Crippen molar-refractivity contribution in [1.29, 1.82) is 0 Å². The largest absolute Gasteiger partial charge is 0.332 e. The third-order valence-electron chi connectivity index (χ3n) is 5.21. The highest BCUT2D eigenvalue weighted by molar-refractivity contribution is 7.07. The number of piperidine rings is 1. The van der Waals surface area contributed by atoms with Crippen molar-refractivity contribution >= 4 is 23.0 Å². The number of hydrogen-bond acceptors (Lipinski definition) is 7. The second kappa shape index (κ2) is 6.40. The zero-order valence-corrected chi connectivity index (χ0v) is 15.0. The number of fused-ring (bicyclic) bond motifs is 5. The summed E-state index contributed by atoms with van der Waals surface area (Å²) in [5, 5.41) is 6.53. The number of nitrogens with zero attached hydrogens (tertiary/aromatic N) is 7. The Morgan fingerprint density at radius 1 is 1.19 bits per heavy atom. The lowest BCUT2D eigenvalue weighted by atomic mass is 9.94. The number of carbonyl (C=O) groups excluding carboxylic acids is 1.